The number of hydrogen-bond donors (Lipinski definition) is 0. The molecule has 0 aromatic heterocycles. The van der Waals surface area contributed by atoms with Gasteiger partial charge in [0, 0.05) is 17.3 Å². The summed E-state index contributed by atoms with van der Waals surface area (Å²) in [5, 5.41) is 0. The lowest BCUT2D eigenvalue weighted by atomic mass is 9.59. The second-order valence-electron chi connectivity index (χ2n) is 15.0. The molecule has 0 radical (unpaired) electrons. The average molecular weight is 595 g/mol. The maximum absolute atomic E-state index is 12.9. The van der Waals surface area contributed by atoms with Crippen LogP contribution in [0, 0.1) is 51.4 Å². The molecule has 0 heterocycles. The van der Waals surface area contributed by atoms with Crippen molar-refractivity contribution in [3.05, 3.63) is 141 Å². The Hall–Kier alpha value is -3.45. The number of aryl methyl sites for hydroxylation is 4. The van der Waals surface area contributed by atoms with E-state index in [1.807, 2.05) is 0 Å². The lowest BCUT2D eigenvalue weighted by molar-refractivity contribution is -0.129. The minimum Gasteiger partial charge on any atom is -0.299 e. The molecule has 232 valence electrons. The van der Waals surface area contributed by atoms with E-state index < -0.39 is 0 Å². The van der Waals surface area contributed by atoms with E-state index in [4.69, 9.17) is 0 Å². The molecule has 2 saturated carbocycles. The molecule has 0 saturated heterocycles. The summed E-state index contributed by atoms with van der Waals surface area (Å²) in [5.74, 6) is 2.58. The van der Waals surface area contributed by atoms with Crippen LogP contribution in [0.1, 0.15) is 94.2 Å². The monoisotopic (exact) mass is 594 g/mol. The first-order chi connectivity index (χ1) is 21.8. The van der Waals surface area contributed by atoms with Crippen LogP contribution < -0.4 is 0 Å². The van der Waals surface area contributed by atoms with E-state index in [-0.39, 0.29) is 11.8 Å². The van der Waals surface area contributed by atoms with Gasteiger partial charge in [-0.25, -0.2) is 0 Å². The van der Waals surface area contributed by atoms with Crippen molar-refractivity contribution in [2.75, 3.05) is 0 Å². The van der Waals surface area contributed by atoms with E-state index >= 15 is 0 Å². The van der Waals surface area contributed by atoms with Crippen molar-refractivity contribution in [2.45, 2.75) is 97.3 Å². The third kappa shape index (κ3) is 5.73. The van der Waals surface area contributed by atoms with Crippen LogP contribution in [0.15, 0.2) is 84.9 Å². The van der Waals surface area contributed by atoms with Gasteiger partial charge in [0.15, 0.2) is 0 Å². The predicted octanol–water partition coefficient (Wildman–Crippen LogP) is 10.2. The Morgan fingerprint density at radius 1 is 0.533 bits per heavy atom. The Kier molecular flexibility index (Phi) is 8.32. The van der Waals surface area contributed by atoms with Crippen molar-refractivity contribution in [3.8, 4) is 0 Å². The molecule has 4 aromatic carbocycles. The van der Waals surface area contributed by atoms with Crippen LogP contribution >= 0.6 is 0 Å². The SMILES string of the molecule is Cc1ccc(C[C@@H]2CCC[C@@H](Cc3ccc(C)cc3)C2=O)cc1.Cc1ccc2c(c1)C13c4cc(C)ccc4C[C@@H]1CCC[C@H]3C2. The molecule has 0 amide bonds. The van der Waals surface area contributed by atoms with Gasteiger partial charge in [-0.1, -0.05) is 120 Å². The summed E-state index contributed by atoms with van der Waals surface area (Å²) in [6, 6.07) is 31.8. The van der Waals surface area contributed by atoms with Gasteiger partial charge in [0.05, 0.1) is 0 Å². The number of rotatable bonds is 4. The zero-order valence-corrected chi connectivity index (χ0v) is 27.9. The number of carbonyl (C=O) groups excluding carboxylic acids is 1. The Labute approximate surface area is 271 Å². The molecule has 45 heavy (non-hydrogen) atoms. The van der Waals surface area contributed by atoms with Crippen LogP contribution in [0.2, 0.25) is 0 Å². The molecular weight excluding hydrogens is 544 g/mol. The molecule has 1 spiro atoms. The smallest absolute Gasteiger partial charge is 0.139 e. The molecule has 0 bridgehead atoms. The lowest BCUT2D eigenvalue weighted by Crippen LogP contribution is -2.41. The Morgan fingerprint density at radius 2 is 0.933 bits per heavy atom. The molecule has 8 rings (SSSR count). The zero-order valence-electron chi connectivity index (χ0n) is 27.9. The van der Waals surface area contributed by atoms with Crippen LogP contribution in [-0.2, 0) is 35.9 Å². The highest BCUT2D eigenvalue weighted by Gasteiger charge is 2.57. The van der Waals surface area contributed by atoms with E-state index in [1.54, 1.807) is 22.3 Å². The topological polar surface area (TPSA) is 17.1 Å². The third-order valence-electron chi connectivity index (χ3n) is 11.9. The van der Waals surface area contributed by atoms with E-state index in [0.717, 1.165) is 37.5 Å². The molecule has 1 heteroatoms. The van der Waals surface area contributed by atoms with Crippen molar-refractivity contribution >= 4 is 5.78 Å². The van der Waals surface area contributed by atoms with Gasteiger partial charge in [0.1, 0.15) is 5.78 Å². The summed E-state index contributed by atoms with van der Waals surface area (Å²) in [6.07, 6.45) is 12.0. The van der Waals surface area contributed by atoms with Gasteiger partial charge in [0.25, 0.3) is 0 Å². The summed E-state index contributed by atoms with van der Waals surface area (Å²) >= 11 is 0. The summed E-state index contributed by atoms with van der Waals surface area (Å²) in [6.45, 7) is 8.72. The standard InChI is InChI=1S/C22H26O.C22H24/c1-16-6-10-18(11-7-16)14-20-4-3-5-21(22(20)23)15-19-12-8-17(2)9-13-19;1-14-6-8-16-12-18-4-3-5-19-13-17-9-7-15(2)11-21(17)22(18,19)20(16)10-14/h6-13,20-21H,3-5,14-15H2,1-2H3;6-11,18-19H,3-5,12-13H2,1-2H3/t20-,21-;18-,19-,22?/m00/s1. The van der Waals surface area contributed by atoms with Gasteiger partial charge in [-0.3, -0.25) is 4.79 Å². The summed E-state index contributed by atoms with van der Waals surface area (Å²) in [4.78, 5) is 12.9. The highest BCUT2D eigenvalue weighted by molar-refractivity contribution is 5.84. The first kappa shape index (κ1) is 30.2. The van der Waals surface area contributed by atoms with Gasteiger partial charge < -0.3 is 0 Å². The predicted molar refractivity (Wildman–Crippen MR) is 187 cm³/mol. The lowest BCUT2D eigenvalue weighted by Gasteiger charge is -2.43. The van der Waals surface area contributed by atoms with Crippen molar-refractivity contribution in [3.63, 3.8) is 0 Å². The number of carbonyl (C=O) groups is 1. The average Bonchev–Trinajstić information content (AvgIpc) is 3.55. The first-order valence-corrected chi connectivity index (χ1v) is 17.7. The number of hydrogen-bond acceptors (Lipinski definition) is 1. The van der Waals surface area contributed by atoms with Crippen LogP contribution in [0.5, 0.6) is 0 Å². The van der Waals surface area contributed by atoms with Crippen LogP contribution in [0.25, 0.3) is 0 Å². The van der Waals surface area contributed by atoms with Crippen molar-refractivity contribution in [1.29, 1.82) is 0 Å². The maximum Gasteiger partial charge on any atom is 0.139 e. The highest BCUT2D eigenvalue weighted by Crippen LogP contribution is 2.62. The minimum absolute atomic E-state index is 0.210. The van der Waals surface area contributed by atoms with Crippen LogP contribution in [0.3, 0.4) is 0 Å². The molecule has 4 aromatic rings. The maximum atomic E-state index is 12.9. The molecular formula is C44H50O. The number of Topliss-reactive ketones (excluding diaryl/α,β-unsaturated/α-hetero) is 1. The zero-order chi connectivity index (χ0) is 31.1. The second-order valence-corrected chi connectivity index (χ2v) is 15.0. The fourth-order valence-corrected chi connectivity index (χ4v) is 9.64. The normalized spacial score (nSPS) is 26.3. The largest absolute Gasteiger partial charge is 0.299 e. The quantitative estimate of drug-likeness (QED) is 0.230. The minimum atomic E-state index is 0.210. The van der Waals surface area contributed by atoms with Crippen molar-refractivity contribution in [1.82, 2.24) is 0 Å². The molecule has 1 nitrogen and oxygen atoms in total. The molecule has 0 aliphatic heterocycles. The van der Waals surface area contributed by atoms with Crippen LogP contribution in [0.4, 0.5) is 0 Å². The Balaban J connectivity index is 0.000000145. The summed E-state index contributed by atoms with van der Waals surface area (Å²) < 4.78 is 0. The molecule has 2 fully saturated rings. The molecule has 4 aliphatic carbocycles. The van der Waals surface area contributed by atoms with Gasteiger partial charge in [-0.05, 0) is 124 Å². The Bertz CT molecular complexity index is 1550. The number of ketones is 1. The molecule has 0 unspecified atom stereocenters. The number of benzene rings is 4. The summed E-state index contributed by atoms with van der Waals surface area (Å²) in [5.41, 5.74) is 15.0. The molecule has 4 atom stereocenters. The van der Waals surface area contributed by atoms with E-state index in [1.165, 1.54) is 71.9 Å². The van der Waals surface area contributed by atoms with Crippen molar-refractivity contribution < 1.29 is 4.79 Å². The second kappa shape index (κ2) is 12.4. The fourth-order valence-electron chi connectivity index (χ4n) is 9.64. The van der Waals surface area contributed by atoms with Gasteiger partial charge >= 0.3 is 0 Å². The number of fused-ring (bicyclic) bond motifs is 2. The van der Waals surface area contributed by atoms with Crippen LogP contribution in [-0.4, -0.2) is 5.78 Å². The fraction of sp³-hybridized carbons (Fsp3) is 0.432. The van der Waals surface area contributed by atoms with Gasteiger partial charge in [0.2, 0.25) is 0 Å². The van der Waals surface area contributed by atoms with Gasteiger partial charge in [-0.2, -0.15) is 0 Å². The molecule has 0 N–H and O–H groups in total. The first-order valence-electron chi connectivity index (χ1n) is 17.7. The van der Waals surface area contributed by atoms with E-state index in [9.17, 15) is 4.79 Å². The van der Waals surface area contributed by atoms with Crippen molar-refractivity contribution in [2.24, 2.45) is 23.7 Å². The Morgan fingerprint density at radius 3 is 1.38 bits per heavy atom. The molecule has 4 aliphatic rings. The van der Waals surface area contributed by atoms with E-state index in [0.29, 0.717) is 11.2 Å². The highest BCUT2D eigenvalue weighted by atomic mass is 16.1. The summed E-state index contributed by atoms with van der Waals surface area (Å²) in [7, 11) is 0. The van der Waals surface area contributed by atoms with Gasteiger partial charge in [-0.15, -0.1) is 0 Å². The third-order valence-corrected chi connectivity index (χ3v) is 11.9. The van der Waals surface area contributed by atoms with E-state index in [2.05, 4.69) is 113 Å².